The van der Waals surface area contributed by atoms with Crippen molar-refractivity contribution in [2.45, 2.75) is 11.3 Å². The van der Waals surface area contributed by atoms with Crippen molar-refractivity contribution in [2.24, 2.45) is 10.7 Å². The molecule has 43 heavy (non-hydrogen) atoms. The van der Waals surface area contributed by atoms with E-state index in [1.165, 1.54) is 23.1 Å². The maximum Gasteiger partial charge on any atom is 0.324 e. The third-order valence-electron chi connectivity index (χ3n) is 6.41. The standard InChI is InChI=1S/C30H38N8O3S2/c1-4-34-24-19-26(41-15-6-12-38-13-10-33-11-14-38)25(40-3)18-22(24)29(32)36-21-8-9-23(31)27(17-21)43-20(2)35-30(39)37-28-7-5-16-42-28/h4-5,7-9,16-19,33-34H,1-2,6,10-15,31H2,3H3,(H2,32,36)(H2,35,37,39). The largest absolute Gasteiger partial charge is 0.493 e. The number of anilines is 3. The molecule has 0 bridgehead atoms. The lowest BCUT2D eigenvalue weighted by Gasteiger charge is -2.27. The van der Waals surface area contributed by atoms with E-state index in [2.05, 4.69) is 44.3 Å². The summed E-state index contributed by atoms with van der Waals surface area (Å²) < 4.78 is 11.7. The van der Waals surface area contributed by atoms with E-state index in [4.69, 9.17) is 20.9 Å². The summed E-state index contributed by atoms with van der Waals surface area (Å²) in [5.74, 6) is 1.40. The summed E-state index contributed by atoms with van der Waals surface area (Å²) in [5.41, 5.74) is 15.1. The number of nitrogen functional groups attached to an aromatic ring is 1. The number of amidine groups is 1. The lowest BCUT2D eigenvalue weighted by molar-refractivity contribution is 0.211. The van der Waals surface area contributed by atoms with Gasteiger partial charge in [0.25, 0.3) is 0 Å². The zero-order valence-corrected chi connectivity index (χ0v) is 25.8. The fraction of sp³-hybridized carbons (Fsp3) is 0.267. The van der Waals surface area contributed by atoms with Gasteiger partial charge in [0.1, 0.15) is 5.84 Å². The molecule has 8 N–H and O–H groups in total. The van der Waals surface area contributed by atoms with Crippen molar-refractivity contribution >= 4 is 57.0 Å². The zero-order chi connectivity index (χ0) is 30.6. The number of thiophene rings is 1. The first-order valence-electron chi connectivity index (χ1n) is 13.7. The van der Waals surface area contributed by atoms with Gasteiger partial charge in [-0.2, -0.15) is 0 Å². The smallest absolute Gasteiger partial charge is 0.324 e. The van der Waals surface area contributed by atoms with Gasteiger partial charge in [-0.15, -0.1) is 11.3 Å². The summed E-state index contributed by atoms with van der Waals surface area (Å²) in [6.07, 6.45) is 2.47. The number of ether oxygens (including phenoxy) is 2. The minimum Gasteiger partial charge on any atom is -0.493 e. The number of nitrogens with one attached hydrogen (secondary N) is 4. The van der Waals surface area contributed by atoms with Gasteiger partial charge in [0.2, 0.25) is 0 Å². The summed E-state index contributed by atoms with van der Waals surface area (Å²) in [6.45, 7) is 13.4. The number of hydrogen-bond acceptors (Lipinski definition) is 10. The third kappa shape index (κ3) is 9.41. The van der Waals surface area contributed by atoms with Crippen molar-refractivity contribution in [3.8, 4) is 11.5 Å². The van der Waals surface area contributed by atoms with Gasteiger partial charge in [-0.25, -0.2) is 9.79 Å². The molecular weight excluding hydrogens is 585 g/mol. The Bertz CT molecular complexity index is 1440. The first kappa shape index (κ1) is 31.8. The van der Waals surface area contributed by atoms with Crippen molar-refractivity contribution < 1.29 is 14.3 Å². The SMILES string of the molecule is C=CNc1cc(OCCCN2CCNCC2)c(OC)cc1C(N)=Nc1ccc(N)c(SC(=C)NC(=O)Nc2cccs2)c1. The van der Waals surface area contributed by atoms with Crippen molar-refractivity contribution in [3.05, 3.63) is 77.8 Å². The lowest BCUT2D eigenvalue weighted by Crippen LogP contribution is -2.43. The quantitative estimate of drug-likeness (QED) is 0.0480. The summed E-state index contributed by atoms with van der Waals surface area (Å²) in [7, 11) is 1.59. The van der Waals surface area contributed by atoms with Crippen LogP contribution in [0.5, 0.6) is 11.5 Å². The van der Waals surface area contributed by atoms with Crippen LogP contribution >= 0.6 is 23.1 Å². The van der Waals surface area contributed by atoms with Gasteiger partial charge in [0, 0.05) is 54.9 Å². The predicted octanol–water partition coefficient (Wildman–Crippen LogP) is 4.99. The Labute approximate surface area is 260 Å². The highest BCUT2D eigenvalue weighted by Crippen LogP contribution is 2.36. The molecule has 1 fully saturated rings. The van der Waals surface area contributed by atoms with Crippen LogP contribution in [0.15, 0.2) is 82.1 Å². The molecule has 0 aliphatic carbocycles. The van der Waals surface area contributed by atoms with E-state index in [1.807, 2.05) is 23.6 Å². The van der Waals surface area contributed by atoms with Crippen molar-refractivity contribution in [1.29, 1.82) is 0 Å². The van der Waals surface area contributed by atoms with Crippen LogP contribution in [-0.2, 0) is 0 Å². The zero-order valence-electron chi connectivity index (χ0n) is 24.2. The van der Waals surface area contributed by atoms with Gasteiger partial charge >= 0.3 is 6.03 Å². The van der Waals surface area contributed by atoms with Gasteiger partial charge in [0.15, 0.2) is 11.5 Å². The Hall–Kier alpha value is -4.17. The van der Waals surface area contributed by atoms with Crippen LogP contribution in [0.3, 0.4) is 0 Å². The van der Waals surface area contributed by atoms with E-state index < -0.39 is 0 Å². The van der Waals surface area contributed by atoms with Crippen molar-refractivity contribution in [1.82, 2.24) is 15.5 Å². The number of methoxy groups -OCH3 is 1. The number of thioether (sulfide) groups is 1. The molecule has 2 amide bonds. The van der Waals surface area contributed by atoms with Crippen LogP contribution in [0, 0.1) is 0 Å². The van der Waals surface area contributed by atoms with Crippen molar-refractivity contribution in [3.63, 3.8) is 0 Å². The number of nitrogens with zero attached hydrogens (tertiary/aromatic N) is 2. The fourth-order valence-electron chi connectivity index (χ4n) is 4.34. The summed E-state index contributed by atoms with van der Waals surface area (Å²) in [4.78, 5) is 20.0. The van der Waals surface area contributed by atoms with E-state index in [9.17, 15) is 4.79 Å². The van der Waals surface area contributed by atoms with Gasteiger partial charge in [-0.1, -0.05) is 24.9 Å². The Morgan fingerprint density at radius 1 is 1.23 bits per heavy atom. The number of piperazine rings is 1. The molecule has 228 valence electrons. The maximum atomic E-state index is 12.3. The number of amides is 2. The Morgan fingerprint density at radius 2 is 2.05 bits per heavy atom. The monoisotopic (exact) mass is 622 g/mol. The number of nitrogens with two attached hydrogens (primary N) is 2. The van der Waals surface area contributed by atoms with Gasteiger partial charge in [-0.05, 0) is 54.4 Å². The fourth-order valence-corrected chi connectivity index (χ4v) is 5.72. The molecule has 1 saturated heterocycles. The van der Waals surface area contributed by atoms with Gasteiger partial charge in [-0.3, -0.25) is 5.32 Å². The van der Waals surface area contributed by atoms with Crippen LogP contribution in [0.1, 0.15) is 12.0 Å². The molecule has 0 atom stereocenters. The number of aliphatic imine (C=N–C) groups is 1. The molecule has 11 nitrogen and oxygen atoms in total. The highest BCUT2D eigenvalue weighted by molar-refractivity contribution is 8.03. The molecule has 1 aliphatic heterocycles. The lowest BCUT2D eigenvalue weighted by atomic mass is 10.1. The van der Waals surface area contributed by atoms with Gasteiger partial charge in [0.05, 0.1) is 35.1 Å². The average Bonchev–Trinajstić information content (AvgIpc) is 3.50. The average molecular weight is 623 g/mol. The Balaban J connectivity index is 1.45. The number of carbonyl (C=O) groups excluding carboxylic acids is 1. The van der Waals surface area contributed by atoms with E-state index in [0.717, 1.165) is 44.1 Å². The summed E-state index contributed by atoms with van der Waals surface area (Å²) in [5, 5.41) is 15.0. The first-order chi connectivity index (χ1) is 20.9. The number of urea groups is 1. The number of hydrogen-bond donors (Lipinski definition) is 6. The van der Waals surface area contributed by atoms with E-state index in [1.54, 1.807) is 37.6 Å². The molecular formula is C30H38N8O3S2. The minimum absolute atomic E-state index is 0.251. The van der Waals surface area contributed by atoms with Crippen LogP contribution in [0.2, 0.25) is 0 Å². The van der Waals surface area contributed by atoms with Crippen LogP contribution in [0.25, 0.3) is 0 Å². The molecule has 2 aromatic carbocycles. The second kappa shape index (κ2) is 15.9. The second-order valence-electron chi connectivity index (χ2n) is 9.49. The first-order valence-corrected chi connectivity index (χ1v) is 15.4. The molecule has 3 aromatic rings. The predicted molar refractivity (Wildman–Crippen MR) is 179 cm³/mol. The topological polar surface area (TPSA) is 151 Å². The third-order valence-corrected chi connectivity index (χ3v) is 8.12. The maximum absolute atomic E-state index is 12.3. The molecule has 4 rings (SSSR count). The van der Waals surface area contributed by atoms with E-state index in [-0.39, 0.29) is 11.9 Å². The number of carbonyl (C=O) groups is 1. The highest BCUT2D eigenvalue weighted by atomic mass is 32.2. The molecule has 1 aliphatic rings. The van der Waals surface area contributed by atoms with Gasteiger partial charge < -0.3 is 41.8 Å². The van der Waals surface area contributed by atoms with E-state index >= 15 is 0 Å². The number of benzene rings is 2. The normalized spacial score (nSPS) is 13.7. The summed E-state index contributed by atoms with van der Waals surface area (Å²) in [6, 6.07) is 12.2. The molecule has 2 heterocycles. The molecule has 0 spiro atoms. The molecule has 0 saturated carbocycles. The summed E-state index contributed by atoms with van der Waals surface area (Å²) >= 11 is 2.64. The van der Waals surface area contributed by atoms with Crippen LogP contribution in [0.4, 0.5) is 26.9 Å². The second-order valence-corrected chi connectivity index (χ2v) is 11.6. The number of rotatable bonds is 14. The minimum atomic E-state index is -0.389. The Kier molecular flexibility index (Phi) is 11.7. The Morgan fingerprint density at radius 3 is 2.77 bits per heavy atom. The molecule has 0 unspecified atom stereocenters. The highest BCUT2D eigenvalue weighted by Gasteiger charge is 2.16. The molecule has 0 radical (unpaired) electrons. The molecule has 1 aromatic heterocycles. The van der Waals surface area contributed by atoms with Crippen molar-refractivity contribution in [2.75, 3.05) is 62.8 Å². The van der Waals surface area contributed by atoms with Crippen LogP contribution < -0.4 is 42.2 Å². The van der Waals surface area contributed by atoms with E-state index in [0.29, 0.717) is 50.7 Å². The molecule has 13 heteroatoms. The van der Waals surface area contributed by atoms with Crippen LogP contribution in [-0.4, -0.2) is 63.2 Å².